The number of carbonyl (C=O) groups excluding carboxylic acids is 3. The third kappa shape index (κ3) is 2.90. The van der Waals surface area contributed by atoms with Gasteiger partial charge in [-0.2, -0.15) is 0 Å². The van der Waals surface area contributed by atoms with Gasteiger partial charge in [0.15, 0.2) is 0 Å². The van der Waals surface area contributed by atoms with Crippen molar-refractivity contribution in [2.24, 2.45) is 23.0 Å². The fraction of sp³-hybridized carbons (Fsp3) is 0.737. The van der Waals surface area contributed by atoms with Crippen molar-refractivity contribution in [1.29, 1.82) is 0 Å². The maximum atomic E-state index is 13.3. The molecule has 0 aromatic heterocycles. The Kier molecular flexibility index (Phi) is 4.03. The largest absolute Gasteiger partial charge is 0.360 e. The molecule has 2 bridgehead atoms. The van der Waals surface area contributed by atoms with E-state index in [1.807, 2.05) is 17.1 Å². The lowest BCUT2D eigenvalue weighted by Crippen LogP contribution is -2.55. The van der Waals surface area contributed by atoms with Crippen molar-refractivity contribution in [1.82, 2.24) is 14.7 Å². The smallest absolute Gasteiger partial charge is 0.314 e. The van der Waals surface area contributed by atoms with E-state index in [0.29, 0.717) is 39.3 Å². The third-order valence-electron chi connectivity index (χ3n) is 6.03. The van der Waals surface area contributed by atoms with Crippen molar-refractivity contribution in [2.75, 3.05) is 39.3 Å². The van der Waals surface area contributed by atoms with Crippen molar-refractivity contribution >= 4 is 17.8 Å². The van der Waals surface area contributed by atoms with Crippen LogP contribution in [0.3, 0.4) is 0 Å². The van der Waals surface area contributed by atoms with Crippen LogP contribution in [-0.4, -0.2) is 83.5 Å². The van der Waals surface area contributed by atoms with Crippen molar-refractivity contribution in [3.8, 4) is 0 Å². The summed E-state index contributed by atoms with van der Waals surface area (Å²) in [6, 6.07) is -0.462. The molecule has 2 N–H and O–H groups in total. The van der Waals surface area contributed by atoms with E-state index >= 15 is 0 Å². The Hall–Kier alpha value is -2.09. The molecule has 148 valence electrons. The van der Waals surface area contributed by atoms with Gasteiger partial charge in [0.25, 0.3) is 0 Å². The van der Waals surface area contributed by atoms with Gasteiger partial charge in [-0.3, -0.25) is 9.59 Å². The van der Waals surface area contributed by atoms with Crippen molar-refractivity contribution < 1.29 is 19.1 Å². The first-order valence-corrected chi connectivity index (χ1v) is 9.60. The Morgan fingerprint density at radius 2 is 1.85 bits per heavy atom. The second-order valence-corrected chi connectivity index (χ2v) is 9.31. The molecule has 8 nitrogen and oxygen atoms in total. The summed E-state index contributed by atoms with van der Waals surface area (Å²) in [6.07, 6.45) is 3.59. The molecule has 8 heteroatoms. The van der Waals surface area contributed by atoms with Gasteiger partial charge in [-0.15, -0.1) is 0 Å². The zero-order valence-corrected chi connectivity index (χ0v) is 16.2. The number of ether oxygens (including phenoxy) is 1. The summed E-state index contributed by atoms with van der Waals surface area (Å²) in [7, 11) is 0. The van der Waals surface area contributed by atoms with Crippen LogP contribution in [0, 0.1) is 17.3 Å². The first kappa shape index (κ1) is 18.3. The highest BCUT2D eigenvalue weighted by molar-refractivity contribution is 5.93. The molecule has 3 fully saturated rings. The van der Waals surface area contributed by atoms with Gasteiger partial charge < -0.3 is 25.2 Å². The van der Waals surface area contributed by atoms with Gasteiger partial charge in [-0.05, 0) is 5.41 Å². The van der Waals surface area contributed by atoms with Gasteiger partial charge in [0.05, 0.1) is 24.5 Å². The van der Waals surface area contributed by atoms with Crippen molar-refractivity contribution in [3.05, 3.63) is 12.2 Å². The standard InChI is InChI=1S/C19H28N4O4/c1-18(2,3)10-23-11-19-5-4-12(27-19)13(14(19)16(23)25)15(24)21-6-8-22(9-7-21)17(20)26/h4-5,12-14H,6-11H2,1-3H3,(H2,20,26)/t12-,13-,14+,19-/m0/s1. The average molecular weight is 376 g/mol. The second-order valence-electron chi connectivity index (χ2n) is 9.31. The van der Waals surface area contributed by atoms with Crippen LogP contribution < -0.4 is 5.73 Å². The summed E-state index contributed by atoms with van der Waals surface area (Å²) in [5.41, 5.74) is 4.64. The third-order valence-corrected chi connectivity index (χ3v) is 6.03. The molecule has 4 rings (SSSR count). The minimum Gasteiger partial charge on any atom is -0.360 e. The molecular weight excluding hydrogens is 348 g/mol. The van der Waals surface area contributed by atoms with Gasteiger partial charge >= 0.3 is 6.03 Å². The van der Waals surface area contributed by atoms with Crippen LogP contribution >= 0.6 is 0 Å². The number of nitrogens with two attached hydrogens (primary N) is 1. The van der Waals surface area contributed by atoms with E-state index < -0.39 is 23.5 Å². The number of nitrogens with zero attached hydrogens (tertiary/aromatic N) is 3. The molecule has 4 heterocycles. The number of primary amides is 1. The van der Waals surface area contributed by atoms with E-state index in [-0.39, 0.29) is 23.3 Å². The fourth-order valence-electron chi connectivity index (χ4n) is 4.92. The minimum absolute atomic E-state index is 0.0166. The maximum absolute atomic E-state index is 13.3. The lowest BCUT2D eigenvalue weighted by molar-refractivity contribution is -0.144. The topological polar surface area (TPSA) is 96.2 Å². The quantitative estimate of drug-likeness (QED) is 0.688. The summed E-state index contributed by atoms with van der Waals surface area (Å²) in [6.45, 7) is 9.18. The molecule has 4 amide bonds. The molecule has 3 saturated heterocycles. The molecule has 0 radical (unpaired) electrons. The van der Waals surface area contributed by atoms with Gasteiger partial charge in [-0.1, -0.05) is 32.9 Å². The Bertz CT molecular complexity index is 707. The van der Waals surface area contributed by atoms with Crippen LogP contribution in [0.1, 0.15) is 20.8 Å². The molecule has 27 heavy (non-hydrogen) atoms. The molecule has 0 aliphatic carbocycles. The van der Waals surface area contributed by atoms with Crippen LogP contribution in [0.4, 0.5) is 4.79 Å². The highest BCUT2D eigenvalue weighted by atomic mass is 16.5. The second kappa shape index (κ2) is 5.95. The number of carbonyl (C=O) groups is 3. The van der Waals surface area contributed by atoms with Crippen LogP contribution in [0.25, 0.3) is 0 Å². The number of piperazine rings is 1. The van der Waals surface area contributed by atoms with Crippen molar-refractivity contribution in [2.45, 2.75) is 32.5 Å². The molecule has 4 aliphatic rings. The van der Waals surface area contributed by atoms with E-state index in [0.717, 1.165) is 0 Å². The number of amides is 4. The van der Waals surface area contributed by atoms with Gasteiger partial charge in [0.2, 0.25) is 11.8 Å². The molecule has 0 saturated carbocycles. The van der Waals surface area contributed by atoms with E-state index in [4.69, 9.17) is 10.5 Å². The predicted octanol–water partition coefficient (Wildman–Crippen LogP) is 0.0374. The summed E-state index contributed by atoms with van der Waals surface area (Å²) >= 11 is 0. The lowest BCUT2D eigenvalue weighted by atomic mass is 9.76. The monoisotopic (exact) mass is 376 g/mol. The minimum atomic E-state index is -0.664. The zero-order valence-electron chi connectivity index (χ0n) is 16.2. The number of hydrogen-bond donors (Lipinski definition) is 1. The van der Waals surface area contributed by atoms with E-state index in [9.17, 15) is 14.4 Å². The fourth-order valence-corrected chi connectivity index (χ4v) is 4.92. The van der Waals surface area contributed by atoms with Crippen LogP contribution in [-0.2, 0) is 14.3 Å². The van der Waals surface area contributed by atoms with Gasteiger partial charge in [0, 0.05) is 32.7 Å². The Labute approximate surface area is 159 Å². The molecule has 0 aromatic rings. The van der Waals surface area contributed by atoms with Crippen molar-refractivity contribution in [3.63, 3.8) is 0 Å². The Morgan fingerprint density at radius 3 is 2.44 bits per heavy atom. The molecule has 0 unspecified atom stereocenters. The lowest BCUT2D eigenvalue weighted by Gasteiger charge is -2.36. The average Bonchev–Trinajstić information content (AvgIpc) is 3.21. The number of fused-ring (bicyclic) bond motifs is 1. The van der Waals surface area contributed by atoms with Crippen LogP contribution in [0.5, 0.6) is 0 Å². The normalized spacial score (nSPS) is 35.1. The number of hydrogen-bond acceptors (Lipinski definition) is 4. The van der Waals surface area contributed by atoms with E-state index in [1.165, 1.54) is 4.90 Å². The molecule has 1 spiro atoms. The maximum Gasteiger partial charge on any atom is 0.314 e. The number of likely N-dealkylation sites (tertiary alicyclic amines) is 1. The highest BCUT2D eigenvalue weighted by Crippen LogP contribution is 2.52. The van der Waals surface area contributed by atoms with Crippen LogP contribution in [0.15, 0.2) is 12.2 Å². The summed E-state index contributed by atoms with van der Waals surface area (Å²) < 4.78 is 6.18. The molecule has 4 aliphatic heterocycles. The summed E-state index contributed by atoms with van der Waals surface area (Å²) in [5, 5.41) is 0. The number of rotatable bonds is 2. The predicted molar refractivity (Wildman–Crippen MR) is 97.5 cm³/mol. The highest BCUT2D eigenvalue weighted by Gasteiger charge is 2.67. The van der Waals surface area contributed by atoms with E-state index in [1.54, 1.807) is 4.90 Å². The van der Waals surface area contributed by atoms with Gasteiger partial charge in [-0.25, -0.2) is 4.79 Å². The molecule has 0 aromatic carbocycles. The summed E-state index contributed by atoms with van der Waals surface area (Å²) in [5.74, 6) is -0.957. The summed E-state index contributed by atoms with van der Waals surface area (Å²) in [4.78, 5) is 42.8. The first-order valence-electron chi connectivity index (χ1n) is 9.60. The van der Waals surface area contributed by atoms with Gasteiger partial charge in [0.1, 0.15) is 5.60 Å². The van der Waals surface area contributed by atoms with E-state index in [2.05, 4.69) is 20.8 Å². The number of urea groups is 1. The zero-order chi connectivity index (χ0) is 19.6. The molecular formula is C19H28N4O4. The SMILES string of the molecule is CC(C)(C)CN1C[C@]23C=C[C@H](O2)[C@H](C(=O)N2CCN(C(N)=O)CC2)[C@@H]3C1=O. The first-order chi connectivity index (χ1) is 12.6. The Morgan fingerprint density at radius 1 is 1.22 bits per heavy atom. The van der Waals surface area contributed by atoms with Crippen LogP contribution in [0.2, 0.25) is 0 Å². The Balaban J connectivity index is 1.51. The molecule has 4 atom stereocenters.